The lowest BCUT2D eigenvalue weighted by atomic mass is 10.2. The number of rotatable bonds is 5. The number of hydrogen-bond donors (Lipinski definition) is 1. The van der Waals surface area contributed by atoms with Gasteiger partial charge in [0, 0.05) is 21.7 Å². The summed E-state index contributed by atoms with van der Waals surface area (Å²) in [7, 11) is 3.04. The van der Waals surface area contributed by atoms with Crippen LogP contribution in [-0.2, 0) is 0 Å². The summed E-state index contributed by atoms with van der Waals surface area (Å²) in [4.78, 5) is 12.3. The zero-order chi connectivity index (χ0) is 17.8. The van der Waals surface area contributed by atoms with E-state index < -0.39 is 0 Å². The van der Waals surface area contributed by atoms with Gasteiger partial charge in [0.25, 0.3) is 5.91 Å². The van der Waals surface area contributed by atoms with Crippen LogP contribution in [0.1, 0.15) is 15.9 Å². The second-order valence-corrected chi connectivity index (χ2v) is 5.88. The van der Waals surface area contributed by atoms with E-state index in [1.165, 1.54) is 20.4 Å². The molecule has 0 bridgehead atoms. The molecule has 0 unspecified atom stereocenters. The number of carbonyl (C=O) groups excluding carboxylic acids is 1. The van der Waals surface area contributed by atoms with E-state index in [1.54, 1.807) is 30.3 Å². The van der Waals surface area contributed by atoms with Crippen LogP contribution in [0.5, 0.6) is 23.0 Å². The molecule has 1 heterocycles. The molecule has 2 aromatic rings. The Morgan fingerprint density at radius 2 is 1.76 bits per heavy atom. The van der Waals surface area contributed by atoms with E-state index in [9.17, 15) is 4.79 Å². The van der Waals surface area contributed by atoms with Crippen molar-refractivity contribution in [2.45, 2.75) is 0 Å². The summed E-state index contributed by atoms with van der Waals surface area (Å²) in [6.45, 7) is 0.191. The third-order valence-corrected chi connectivity index (χ3v) is 4.16. The Bertz CT molecular complexity index is 816. The molecule has 0 saturated carbocycles. The molecule has 1 amide bonds. The Morgan fingerprint density at radius 3 is 2.40 bits per heavy atom. The summed E-state index contributed by atoms with van der Waals surface area (Å²) < 4.78 is 21.7. The highest BCUT2D eigenvalue weighted by atomic mass is 79.9. The summed E-state index contributed by atoms with van der Waals surface area (Å²) in [6.07, 6.45) is 1.52. The zero-order valence-corrected chi connectivity index (χ0v) is 15.1. The molecular weight excluding hydrogens is 392 g/mol. The molecule has 0 radical (unpaired) electrons. The minimum atomic E-state index is -0.384. The molecular formula is C17H15BrN2O5. The summed E-state index contributed by atoms with van der Waals surface area (Å²) in [5.74, 6) is 1.95. The fourth-order valence-corrected chi connectivity index (χ4v) is 2.62. The summed E-state index contributed by atoms with van der Waals surface area (Å²) >= 11 is 3.43. The Balaban J connectivity index is 1.73. The number of methoxy groups -OCH3 is 2. The maximum atomic E-state index is 12.3. The van der Waals surface area contributed by atoms with Crippen molar-refractivity contribution in [1.29, 1.82) is 0 Å². The number of hydrazone groups is 1. The topological polar surface area (TPSA) is 78.4 Å². The number of carbonyl (C=O) groups is 1. The molecule has 130 valence electrons. The molecule has 0 fully saturated rings. The van der Waals surface area contributed by atoms with Crippen LogP contribution in [0, 0.1) is 0 Å². The molecule has 25 heavy (non-hydrogen) atoms. The minimum absolute atomic E-state index is 0.191. The SMILES string of the molecule is COc1cc(OC)cc(C(=O)N/N=C\c2cc3c(cc2Br)OCO3)c1. The first-order valence-electron chi connectivity index (χ1n) is 7.26. The molecule has 7 nitrogen and oxygen atoms in total. The standard InChI is InChI=1S/C17H15BrN2O5/c1-22-12-3-10(4-13(6-12)23-2)17(21)20-19-8-11-5-15-16(7-14(11)18)25-9-24-15/h3-8H,9H2,1-2H3,(H,20,21)/b19-8-. The van der Waals surface area contributed by atoms with Crippen LogP contribution in [0.25, 0.3) is 0 Å². The quantitative estimate of drug-likeness (QED) is 0.609. The van der Waals surface area contributed by atoms with Gasteiger partial charge >= 0.3 is 0 Å². The van der Waals surface area contributed by atoms with Crippen LogP contribution >= 0.6 is 15.9 Å². The molecule has 0 spiro atoms. The molecule has 0 atom stereocenters. The van der Waals surface area contributed by atoms with Crippen LogP contribution in [0.3, 0.4) is 0 Å². The predicted molar refractivity (Wildman–Crippen MR) is 94.9 cm³/mol. The lowest BCUT2D eigenvalue weighted by Crippen LogP contribution is -2.17. The van der Waals surface area contributed by atoms with E-state index in [0.717, 1.165) is 10.0 Å². The van der Waals surface area contributed by atoms with Crippen molar-refractivity contribution in [3.63, 3.8) is 0 Å². The van der Waals surface area contributed by atoms with Gasteiger partial charge in [0.2, 0.25) is 6.79 Å². The zero-order valence-electron chi connectivity index (χ0n) is 13.5. The van der Waals surface area contributed by atoms with E-state index in [0.29, 0.717) is 28.6 Å². The van der Waals surface area contributed by atoms with Gasteiger partial charge in [0.05, 0.1) is 20.4 Å². The molecule has 8 heteroatoms. The molecule has 1 aliphatic heterocycles. The number of nitrogens with one attached hydrogen (secondary N) is 1. The van der Waals surface area contributed by atoms with Gasteiger partial charge < -0.3 is 18.9 Å². The van der Waals surface area contributed by atoms with Crippen molar-refractivity contribution >= 4 is 28.1 Å². The molecule has 1 N–H and O–H groups in total. The molecule has 0 aliphatic carbocycles. The number of nitrogens with zero attached hydrogens (tertiary/aromatic N) is 1. The van der Waals surface area contributed by atoms with Crippen LogP contribution in [0.2, 0.25) is 0 Å². The van der Waals surface area contributed by atoms with E-state index in [4.69, 9.17) is 18.9 Å². The number of halogens is 1. The highest BCUT2D eigenvalue weighted by Crippen LogP contribution is 2.36. The van der Waals surface area contributed by atoms with Crippen LogP contribution in [-0.4, -0.2) is 33.1 Å². The van der Waals surface area contributed by atoms with Gasteiger partial charge in [-0.25, -0.2) is 5.43 Å². The fourth-order valence-electron chi connectivity index (χ4n) is 2.20. The number of fused-ring (bicyclic) bond motifs is 1. The molecule has 1 aliphatic rings. The minimum Gasteiger partial charge on any atom is -0.497 e. The Hall–Kier alpha value is -2.74. The van der Waals surface area contributed by atoms with Gasteiger partial charge in [0.1, 0.15) is 11.5 Å². The first-order chi connectivity index (χ1) is 12.1. The summed E-state index contributed by atoms with van der Waals surface area (Å²) in [6, 6.07) is 8.45. The molecule has 0 saturated heterocycles. The molecule has 3 rings (SSSR count). The van der Waals surface area contributed by atoms with E-state index in [2.05, 4.69) is 26.5 Å². The van der Waals surface area contributed by atoms with Crippen molar-refractivity contribution in [3.05, 3.63) is 45.9 Å². The van der Waals surface area contributed by atoms with Gasteiger partial charge in [-0.1, -0.05) is 0 Å². The van der Waals surface area contributed by atoms with Gasteiger partial charge in [0.15, 0.2) is 11.5 Å². The summed E-state index contributed by atoms with van der Waals surface area (Å²) in [5, 5.41) is 3.98. The first kappa shape index (κ1) is 17.1. The van der Waals surface area contributed by atoms with E-state index in [-0.39, 0.29) is 12.7 Å². The highest BCUT2D eigenvalue weighted by molar-refractivity contribution is 9.10. The monoisotopic (exact) mass is 406 g/mol. The second kappa shape index (κ2) is 7.43. The van der Waals surface area contributed by atoms with Gasteiger partial charge in [-0.2, -0.15) is 5.10 Å². The van der Waals surface area contributed by atoms with Crippen LogP contribution < -0.4 is 24.4 Å². The van der Waals surface area contributed by atoms with Crippen molar-refractivity contribution < 1.29 is 23.7 Å². The third kappa shape index (κ3) is 3.85. The van der Waals surface area contributed by atoms with Crippen molar-refractivity contribution in [2.24, 2.45) is 5.10 Å². The van der Waals surface area contributed by atoms with Gasteiger partial charge in [-0.05, 0) is 40.2 Å². The Kier molecular flexibility index (Phi) is 5.08. The molecule has 2 aromatic carbocycles. The Labute approximate surface area is 152 Å². The van der Waals surface area contributed by atoms with Gasteiger partial charge in [-0.15, -0.1) is 0 Å². The smallest absolute Gasteiger partial charge is 0.271 e. The second-order valence-electron chi connectivity index (χ2n) is 5.03. The van der Waals surface area contributed by atoms with Crippen molar-refractivity contribution in [1.82, 2.24) is 5.43 Å². The van der Waals surface area contributed by atoms with Gasteiger partial charge in [-0.3, -0.25) is 4.79 Å². The van der Waals surface area contributed by atoms with E-state index in [1.807, 2.05) is 0 Å². The average molecular weight is 407 g/mol. The normalized spacial score (nSPS) is 12.3. The summed E-state index contributed by atoms with van der Waals surface area (Å²) in [5.41, 5.74) is 3.59. The fraction of sp³-hybridized carbons (Fsp3) is 0.176. The number of hydrogen-bond acceptors (Lipinski definition) is 6. The van der Waals surface area contributed by atoms with E-state index >= 15 is 0 Å². The Morgan fingerprint density at radius 1 is 1.12 bits per heavy atom. The maximum absolute atomic E-state index is 12.3. The van der Waals surface area contributed by atoms with Crippen molar-refractivity contribution in [2.75, 3.05) is 21.0 Å². The highest BCUT2D eigenvalue weighted by Gasteiger charge is 2.15. The lowest BCUT2D eigenvalue weighted by Gasteiger charge is -2.07. The third-order valence-electron chi connectivity index (χ3n) is 3.48. The molecule has 0 aromatic heterocycles. The van der Waals surface area contributed by atoms with Crippen LogP contribution in [0.4, 0.5) is 0 Å². The predicted octanol–water partition coefficient (Wildman–Crippen LogP) is 2.96. The lowest BCUT2D eigenvalue weighted by molar-refractivity contribution is 0.0954. The van der Waals surface area contributed by atoms with Crippen LogP contribution in [0.15, 0.2) is 39.9 Å². The maximum Gasteiger partial charge on any atom is 0.271 e. The first-order valence-corrected chi connectivity index (χ1v) is 8.05. The largest absolute Gasteiger partial charge is 0.497 e. The number of amides is 1. The average Bonchev–Trinajstić information content (AvgIpc) is 3.08. The van der Waals surface area contributed by atoms with Crippen molar-refractivity contribution in [3.8, 4) is 23.0 Å². The number of ether oxygens (including phenoxy) is 4. The number of benzene rings is 2.